The van der Waals surface area contributed by atoms with Crippen molar-refractivity contribution in [2.45, 2.75) is 13.8 Å². The number of para-hydroxylation sites is 1. The SMILES string of the molecule is CCOc1c(I)cc(/C=C(/C#N)C(=O)Nc2ccccc2C)cc1OC. The Morgan fingerprint density at radius 2 is 2.08 bits per heavy atom. The van der Waals surface area contributed by atoms with Gasteiger partial charge in [0.15, 0.2) is 11.5 Å². The van der Waals surface area contributed by atoms with Gasteiger partial charge in [0.1, 0.15) is 11.6 Å². The molecule has 2 aromatic carbocycles. The van der Waals surface area contributed by atoms with Gasteiger partial charge in [0, 0.05) is 5.69 Å². The maximum atomic E-state index is 12.4. The molecule has 26 heavy (non-hydrogen) atoms. The summed E-state index contributed by atoms with van der Waals surface area (Å²) in [6.45, 7) is 4.31. The van der Waals surface area contributed by atoms with E-state index in [2.05, 4.69) is 27.9 Å². The van der Waals surface area contributed by atoms with Crippen LogP contribution in [0.4, 0.5) is 5.69 Å². The van der Waals surface area contributed by atoms with E-state index in [-0.39, 0.29) is 5.57 Å². The normalized spacial score (nSPS) is 10.8. The summed E-state index contributed by atoms with van der Waals surface area (Å²) < 4.78 is 11.8. The number of nitrogens with zero attached hydrogens (tertiary/aromatic N) is 1. The van der Waals surface area contributed by atoms with E-state index in [0.717, 1.165) is 9.13 Å². The summed E-state index contributed by atoms with van der Waals surface area (Å²) in [5.74, 6) is 0.752. The molecule has 1 N–H and O–H groups in total. The van der Waals surface area contributed by atoms with Crippen molar-refractivity contribution in [2.24, 2.45) is 0 Å². The van der Waals surface area contributed by atoms with Gasteiger partial charge in [-0.2, -0.15) is 5.26 Å². The summed E-state index contributed by atoms with van der Waals surface area (Å²) in [4.78, 5) is 12.4. The summed E-state index contributed by atoms with van der Waals surface area (Å²) >= 11 is 2.14. The van der Waals surface area contributed by atoms with Gasteiger partial charge in [0.05, 0.1) is 17.3 Å². The fraction of sp³-hybridized carbons (Fsp3) is 0.200. The Hall–Kier alpha value is -2.53. The monoisotopic (exact) mass is 462 g/mol. The minimum Gasteiger partial charge on any atom is -0.493 e. The van der Waals surface area contributed by atoms with Crippen molar-refractivity contribution >= 4 is 40.3 Å². The van der Waals surface area contributed by atoms with E-state index in [1.165, 1.54) is 6.08 Å². The molecule has 2 aromatic rings. The number of methoxy groups -OCH3 is 1. The number of carbonyl (C=O) groups excluding carboxylic acids is 1. The zero-order chi connectivity index (χ0) is 19.1. The highest BCUT2D eigenvalue weighted by Gasteiger charge is 2.14. The van der Waals surface area contributed by atoms with Crippen molar-refractivity contribution in [1.29, 1.82) is 5.26 Å². The Balaban J connectivity index is 2.34. The molecule has 0 radical (unpaired) electrons. The number of ether oxygens (including phenoxy) is 2. The second kappa shape index (κ2) is 9.25. The van der Waals surface area contributed by atoms with E-state index in [4.69, 9.17) is 9.47 Å². The predicted molar refractivity (Wildman–Crippen MR) is 110 cm³/mol. The van der Waals surface area contributed by atoms with Gasteiger partial charge in [-0.05, 0) is 71.8 Å². The molecule has 0 atom stereocenters. The summed E-state index contributed by atoms with van der Waals surface area (Å²) in [5, 5.41) is 12.2. The number of nitriles is 1. The first-order chi connectivity index (χ1) is 12.5. The van der Waals surface area contributed by atoms with E-state index < -0.39 is 5.91 Å². The Morgan fingerprint density at radius 1 is 1.35 bits per heavy atom. The van der Waals surface area contributed by atoms with Crippen LogP contribution in [0.5, 0.6) is 11.5 Å². The third kappa shape index (κ3) is 4.76. The Labute approximate surface area is 166 Å². The van der Waals surface area contributed by atoms with E-state index >= 15 is 0 Å². The highest BCUT2D eigenvalue weighted by Crippen LogP contribution is 2.34. The van der Waals surface area contributed by atoms with Crippen LogP contribution in [-0.4, -0.2) is 19.6 Å². The van der Waals surface area contributed by atoms with Gasteiger partial charge in [0.25, 0.3) is 5.91 Å². The summed E-state index contributed by atoms with van der Waals surface area (Å²) in [7, 11) is 1.55. The topological polar surface area (TPSA) is 71.3 Å². The van der Waals surface area contributed by atoms with Crippen molar-refractivity contribution in [1.82, 2.24) is 0 Å². The largest absolute Gasteiger partial charge is 0.493 e. The van der Waals surface area contributed by atoms with Crippen LogP contribution in [0.15, 0.2) is 42.0 Å². The van der Waals surface area contributed by atoms with Crippen LogP contribution in [0.25, 0.3) is 6.08 Å². The number of anilines is 1. The van der Waals surface area contributed by atoms with Crippen molar-refractivity contribution in [3.8, 4) is 17.6 Å². The van der Waals surface area contributed by atoms with Crippen LogP contribution in [0.3, 0.4) is 0 Å². The van der Waals surface area contributed by atoms with Crippen LogP contribution >= 0.6 is 22.6 Å². The van der Waals surface area contributed by atoms with Crippen LogP contribution in [0, 0.1) is 21.8 Å². The number of hydrogen-bond donors (Lipinski definition) is 1. The van der Waals surface area contributed by atoms with E-state index in [1.54, 1.807) is 19.2 Å². The zero-order valence-corrected chi connectivity index (χ0v) is 17.0. The number of rotatable bonds is 6. The molecule has 1 amide bonds. The fourth-order valence-electron chi connectivity index (χ4n) is 2.33. The summed E-state index contributed by atoms with van der Waals surface area (Å²) in [5.41, 5.74) is 2.30. The first-order valence-corrected chi connectivity index (χ1v) is 9.07. The van der Waals surface area contributed by atoms with Gasteiger partial charge in [-0.15, -0.1) is 0 Å². The first-order valence-electron chi connectivity index (χ1n) is 7.99. The zero-order valence-electron chi connectivity index (χ0n) is 14.8. The molecule has 2 rings (SSSR count). The van der Waals surface area contributed by atoms with Gasteiger partial charge in [-0.1, -0.05) is 18.2 Å². The standard InChI is InChI=1S/C20H19IN2O3/c1-4-26-19-16(21)10-14(11-18(19)25-3)9-15(12-22)20(24)23-17-8-6-5-7-13(17)2/h5-11H,4H2,1-3H3,(H,23,24)/b15-9-. The smallest absolute Gasteiger partial charge is 0.266 e. The number of aryl methyl sites for hydroxylation is 1. The van der Waals surface area contributed by atoms with Crippen molar-refractivity contribution in [2.75, 3.05) is 19.0 Å². The summed E-state index contributed by atoms with van der Waals surface area (Å²) in [6.07, 6.45) is 1.54. The molecule has 0 unspecified atom stereocenters. The maximum Gasteiger partial charge on any atom is 0.266 e. The highest BCUT2D eigenvalue weighted by molar-refractivity contribution is 14.1. The van der Waals surface area contributed by atoms with Crippen molar-refractivity contribution < 1.29 is 14.3 Å². The quantitative estimate of drug-likeness (QED) is 0.389. The van der Waals surface area contributed by atoms with Crippen LogP contribution in [0.1, 0.15) is 18.1 Å². The fourth-order valence-corrected chi connectivity index (χ4v) is 3.11. The van der Waals surface area contributed by atoms with Crippen LogP contribution in [0.2, 0.25) is 0 Å². The first kappa shape index (κ1) is 19.8. The number of halogens is 1. The lowest BCUT2D eigenvalue weighted by Gasteiger charge is -2.12. The molecule has 5 nitrogen and oxygen atoms in total. The second-order valence-electron chi connectivity index (χ2n) is 5.41. The molecular formula is C20H19IN2O3. The van der Waals surface area contributed by atoms with Gasteiger partial charge in [-0.3, -0.25) is 4.79 Å². The average molecular weight is 462 g/mol. The van der Waals surface area contributed by atoms with E-state index in [1.807, 2.05) is 44.2 Å². The molecule has 0 spiro atoms. The Kier molecular flexibility index (Phi) is 7.04. The predicted octanol–water partition coefficient (Wildman–Crippen LogP) is 4.55. The molecule has 0 aliphatic heterocycles. The lowest BCUT2D eigenvalue weighted by Crippen LogP contribution is -2.14. The van der Waals surface area contributed by atoms with Crippen LogP contribution in [-0.2, 0) is 4.79 Å². The minimum absolute atomic E-state index is 0.00951. The minimum atomic E-state index is -0.454. The molecule has 0 saturated carbocycles. The number of nitrogens with one attached hydrogen (secondary N) is 1. The van der Waals surface area contributed by atoms with Gasteiger partial charge >= 0.3 is 0 Å². The van der Waals surface area contributed by atoms with Gasteiger partial charge in [0.2, 0.25) is 0 Å². The number of carbonyl (C=O) groups is 1. The molecule has 0 aromatic heterocycles. The molecule has 0 fully saturated rings. The molecule has 0 heterocycles. The summed E-state index contributed by atoms with van der Waals surface area (Å²) in [6, 6.07) is 13.0. The third-order valence-electron chi connectivity index (χ3n) is 3.61. The lowest BCUT2D eigenvalue weighted by atomic mass is 10.1. The number of benzene rings is 2. The maximum absolute atomic E-state index is 12.4. The van der Waals surface area contributed by atoms with Gasteiger partial charge < -0.3 is 14.8 Å². The number of amides is 1. The lowest BCUT2D eigenvalue weighted by molar-refractivity contribution is -0.112. The van der Waals surface area contributed by atoms with Gasteiger partial charge in [-0.25, -0.2) is 0 Å². The van der Waals surface area contributed by atoms with Crippen LogP contribution < -0.4 is 14.8 Å². The van der Waals surface area contributed by atoms with Crippen molar-refractivity contribution in [3.63, 3.8) is 0 Å². The molecule has 0 aliphatic carbocycles. The molecule has 0 aliphatic rings. The highest BCUT2D eigenvalue weighted by atomic mass is 127. The van der Waals surface area contributed by atoms with E-state index in [0.29, 0.717) is 29.4 Å². The molecule has 6 heteroatoms. The third-order valence-corrected chi connectivity index (χ3v) is 4.41. The molecule has 0 saturated heterocycles. The van der Waals surface area contributed by atoms with E-state index in [9.17, 15) is 10.1 Å². The Morgan fingerprint density at radius 3 is 2.69 bits per heavy atom. The molecule has 134 valence electrons. The number of hydrogen-bond acceptors (Lipinski definition) is 4. The molecular weight excluding hydrogens is 443 g/mol. The second-order valence-corrected chi connectivity index (χ2v) is 6.57. The average Bonchev–Trinajstić information content (AvgIpc) is 2.63. The van der Waals surface area contributed by atoms with Crippen molar-refractivity contribution in [3.05, 3.63) is 56.7 Å². The Bertz CT molecular complexity index is 885. The molecule has 0 bridgehead atoms.